The zero-order valence-corrected chi connectivity index (χ0v) is 11.4. The SMILES string of the molecule is CCNC(CCc1cnn(C)c1)CSCC. The third kappa shape index (κ3) is 5.03. The number of aryl methyl sites for hydroxylation is 2. The monoisotopic (exact) mass is 241 g/mol. The van der Waals surface area contributed by atoms with Gasteiger partial charge in [0.25, 0.3) is 0 Å². The Morgan fingerprint density at radius 3 is 2.88 bits per heavy atom. The van der Waals surface area contributed by atoms with Crippen LogP contribution >= 0.6 is 11.8 Å². The molecule has 0 radical (unpaired) electrons. The first-order chi connectivity index (χ1) is 7.76. The Kier molecular flexibility index (Phi) is 6.57. The fraction of sp³-hybridized carbons (Fsp3) is 0.750. The van der Waals surface area contributed by atoms with E-state index in [0.717, 1.165) is 13.0 Å². The van der Waals surface area contributed by atoms with E-state index in [1.165, 1.54) is 23.5 Å². The summed E-state index contributed by atoms with van der Waals surface area (Å²) in [5.74, 6) is 2.42. The maximum absolute atomic E-state index is 4.19. The molecule has 1 aromatic heterocycles. The molecule has 0 amide bonds. The molecule has 0 aliphatic heterocycles. The quantitative estimate of drug-likeness (QED) is 0.756. The summed E-state index contributed by atoms with van der Waals surface area (Å²) in [4.78, 5) is 0. The average molecular weight is 241 g/mol. The van der Waals surface area contributed by atoms with E-state index in [0.29, 0.717) is 6.04 Å². The molecule has 16 heavy (non-hydrogen) atoms. The van der Waals surface area contributed by atoms with E-state index in [2.05, 4.69) is 30.5 Å². The highest BCUT2D eigenvalue weighted by Crippen LogP contribution is 2.09. The third-order valence-corrected chi connectivity index (χ3v) is 3.60. The number of rotatable bonds is 8. The average Bonchev–Trinajstić information content (AvgIpc) is 2.68. The summed E-state index contributed by atoms with van der Waals surface area (Å²) in [6.07, 6.45) is 6.40. The Hall–Kier alpha value is -0.480. The lowest BCUT2D eigenvalue weighted by Crippen LogP contribution is -2.31. The van der Waals surface area contributed by atoms with E-state index in [-0.39, 0.29) is 0 Å². The van der Waals surface area contributed by atoms with Crippen molar-refractivity contribution in [3.8, 4) is 0 Å². The van der Waals surface area contributed by atoms with Crippen LogP contribution in [0.15, 0.2) is 12.4 Å². The van der Waals surface area contributed by atoms with Crippen LogP contribution in [-0.4, -0.2) is 33.9 Å². The molecule has 3 nitrogen and oxygen atoms in total. The smallest absolute Gasteiger partial charge is 0.0521 e. The van der Waals surface area contributed by atoms with Gasteiger partial charge in [0, 0.05) is 25.0 Å². The number of nitrogens with zero attached hydrogens (tertiary/aromatic N) is 2. The largest absolute Gasteiger partial charge is 0.313 e. The molecule has 1 unspecified atom stereocenters. The number of thioether (sulfide) groups is 1. The second-order valence-corrected chi connectivity index (χ2v) is 5.29. The lowest BCUT2D eigenvalue weighted by Gasteiger charge is -2.16. The molecular formula is C12H23N3S. The Labute approximate surface area is 103 Å². The minimum absolute atomic E-state index is 0.634. The molecule has 0 fully saturated rings. The Bertz CT molecular complexity index is 286. The van der Waals surface area contributed by atoms with Crippen LogP contribution in [0.25, 0.3) is 0 Å². The third-order valence-electron chi connectivity index (χ3n) is 2.56. The summed E-state index contributed by atoms with van der Waals surface area (Å²) in [5.41, 5.74) is 1.34. The van der Waals surface area contributed by atoms with Gasteiger partial charge in [0.15, 0.2) is 0 Å². The van der Waals surface area contributed by atoms with Crippen molar-refractivity contribution in [2.45, 2.75) is 32.7 Å². The van der Waals surface area contributed by atoms with E-state index in [4.69, 9.17) is 0 Å². The zero-order valence-electron chi connectivity index (χ0n) is 10.6. The molecule has 0 saturated heterocycles. The normalized spacial score (nSPS) is 12.9. The van der Waals surface area contributed by atoms with Gasteiger partial charge in [-0.2, -0.15) is 16.9 Å². The van der Waals surface area contributed by atoms with Crippen molar-refractivity contribution in [3.63, 3.8) is 0 Å². The van der Waals surface area contributed by atoms with E-state index in [1.807, 2.05) is 29.7 Å². The van der Waals surface area contributed by atoms with Crippen molar-refractivity contribution in [3.05, 3.63) is 18.0 Å². The summed E-state index contributed by atoms with van der Waals surface area (Å²) in [5, 5.41) is 7.74. The Morgan fingerprint density at radius 1 is 1.50 bits per heavy atom. The van der Waals surface area contributed by atoms with Crippen LogP contribution in [0.3, 0.4) is 0 Å². The van der Waals surface area contributed by atoms with E-state index in [9.17, 15) is 0 Å². The Balaban J connectivity index is 2.30. The van der Waals surface area contributed by atoms with Gasteiger partial charge in [-0.05, 0) is 30.7 Å². The molecule has 0 aliphatic carbocycles. The second-order valence-electron chi connectivity index (χ2n) is 3.97. The van der Waals surface area contributed by atoms with Gasteiger partial charge in [0.2, 0.25) is 0 Å². The van der Waals surface area contributed by atoms with E-state index < -0.39 is 0 Å². The van der Waals surface area contributed by atoms with Crippen LogP contribution in [0, 0.1) is 0 Å². The molecular weight excluding hydrogens is 218 g/mol. The summed E-state index contributed by atoms with van der Waals surface area (Å²) < 4.78 is 1.87. The molecule has 1 atom stereocenters. The Morgan fingerprint density at radius 2 is 2.31 bits per heavy atom. The van der Waals surface area contributed by atoms with Crippen LogP contribution in [0.2, 0.25) is 0 Å². The van der Waals surface area contributed by atoms with Crippen LogP contribution in [0.1, 0.15) is 25.8 Å². The predicted octanol–water partition coefficient (Wildman–Crippen LogP) is 2.08. The van der Waals surface area contributed by atoms with E-state index in [1.54, 1.807) is 0 Å². The number of hydrogen-bond acceptors (Lipinski definition) is 3. The van der Waals surface area contributed by atoms with Crippen molar-refractivity contribution in [2.24, 2.45) is 7.05 Å². The summed E-state index contributed by atoms with van der Waals surface area (Å²) in [6.45, 7) is 5.45. The number of hydrogen-bond donors (Lipinski definition) is 1. The molecule has 0 aromatic carbocycles. The van der Waals surface area contributed by atoms with Gasteiger partial charge in [-0.1, -0.05) is 13.8 Å². The van der Waals surface area contributed by atoms with Crippen molar-refractivity contribution in [1.29, 1.82) is 0 Å². The predicted molar refractivity (Wildman–Crippen MR) is 72.0 cm³/mol. The van der Waals surface area contributed by atoms with Gasteiger partial charge in [0.1, 0.15) is 0 Å². The van der Waals surface area contributed by atoms with Gasteiger partial charge in [0.05, 0.1) is 6.20 Å². The van der Waals surface area contributed by atoms with Crippen molar-refractivity contribution in [1.82, 2.24) is 15.1 Å². The lowest BCUT2D eigenvalue weighted by molar-refractivity contribution is 0.537. The highest BCUT2D eigenvalue weighted by atomic mass is 32.2. The zero-order chi connectivity index (χ0) is 11.8. The summed E-state index contributed by atoms with van der Waals surface area (Å²) in [7, 11) is 1.97. The first-order valence-electron chi connectivity index (χ1n) is 6.04. The topological polar surface area (TPSA) is 29.9 Å². The second kappa shape index (κ2) is 7.74. The molecule has 0 bridgehead atoms. The fourth-order valence-electron chi connectivity index (χ4n) is 1.73. The molecule has 92 valence electrons. The summed E-state index contributed by atoms with van der Waals surface area (Å²) in [6, 6.07) is 0.634. The lowest BCUT2D eigenvalue weighted by atomic mass is 10.1. The molecule has 1 aromatic rings. The maximum Gasteiger partial charge on any atom is 0.0521 e. The fourth-order valence-corrected chi connectivity index (χ4v) is 2.54. The van der Waals surface area contributed by atoms with Crippen LogP contribution in [-0.2, 0) is 13.5 Å². The van der Waals surface area contributed by atoms with Gasteiger partial charge in [-0.3, -0.25) is 4.68 Å². The molecule has 1 rings (SSSR count). The summed E-state index contributed by atoms with van der Waals surface area (Å²) >= 11 is 2.01. The van der Waals surface area contributed by atoms with Crippen LogP contribution in [0.4, 0.5) is 0 Å². The maximum atomic E-state index is 4.19. The molecule has 4 heteroatoms. The van der Waals surface area contributed by atoms with Gasteiger partial charge in [-0.25, -0.2) is 0 Å². The highest BCUT2D eigenvalue weighted by Gasteiger charge is 2.07. The van der Waals surface area contributed by atoms with Crippen molar-refractivity contribution in [2.75, 3.05) is 18.1 Å². The minimum Gasteiger partial charge on any atom is -0.313 e. The standard InChI is InChI=1S/C12H23N3S/c1-4-13-12(10-16-5-2)7-6-11-8-14-15(3)9-11/h8-9,12-13H,4-7,10H2,1-3H3. The van der Waals surface area contributed by atoms with Crippen molar-refractivity contribution >= 4 is 11.8 Å². The molecule has 0 spiro atoms. The van der Waals surface area contributed by atoms with Gasteiger partial charge >= 0.3 is 0 Å². The molecule has 0 saturated carbocycles. The first-order valence-corrected chi connectivity index (χ1v) is 7.20. The number of nitrogens with one attached hydrogen (secondary N) is 1. The van der Waals surface area contributed by atoms with Crippen LogP contribution < -0.4 is 5.32 Å². The van der Waals surface area contributed by atoms with E-state index >= 15 is 0 Å². The van der Waals surface area contributed by atoms with Crippen molar-refractivity contribution < 1.29 is 0 Å². The molecule has 1 N–H and O–H groups in total. The van der Waals surface area contributed by atoms with Gasteiger partial charge in [-0.15, -0.1) is 0 Å². The number of aromatic nitrogens is 2. The van der Waals surface area contributed by atoms with Gasteiger partial charge < -0.3 is 5.32 Å². The molecule has 0 aliphatic rings. The minimum atomic E-state index is 0.634. The highest BCUT2D eigenvalue weighted by molar-refractivity contribution is 7.99. The van der Waals surface area contributed by atoms with Crippen LogP contribution in [0.5, 0.6) is 0 Å². The first kappa shape index (κ1) is 13.6. The molecule has 1 heterocycles.